The third-order valence-corrected chi connectivity index (χ3v) is 1.83. The zero-order valence-corrected chi connectivity index (χ0v) is 10.4. The number of hydrogen-bond donors (Lipinski definition) is 1. The highest BCUT2D eigenvalue weighted by molar-refractivity contribution is 5.76. The lowest BCUT2D eigenvalue weighted by molar-refractivity contribution is -0.157. The highest BCUT2D eigenvalue weighted by atomic mass is 16.6. The first-order valence-electron chi connectivity index (χ1n) is 5.31. The Morgan fingerprint density at radius 3 is 2.31 bits per heavy atom. The molecule has 0 radical (unpaired) electrons. The maximum Gasteiger partial charge on any atom is 0.323 e. The summed E-state index contributed by atoms with van der Waals surface area (Å²) in [7, 11) is 1.33. The second-order valence-corrected chi connectivity index (χ2v) is 4.61. The van der Waals surface area contributed by atoms with Gasteiger partial charge in [-0.25, -0.2) is 0 Å². The smallest absolute Gasteiger partial charge is 0.323 e. The molecule has 2 N–H and O–H groups in total. The van der Waals surface area contributed by atoms with Gasteiger partial charge in [-0.1, -0.05) is 0 Å². The molecule has 0 aliphatic rings. The molecule has 16 heavy (non-hydrogen) atoms. The molecule has 0 rings (SSSR count). The summed E-state index contributed by atoms with van der Waals surface area (Å²) < 4.78 is 9.58. The van der Waals surface area contributed by atoms with E-state index in [9.17, 15) is 9.59 Å². The Balaban J connectivity index is 3.84. The molecule has 0 fully saturated rings. The van der Waals surface area contributed by atoms with Crippen LogP contribution in [-0.2, 0) is 19.1 Å². The summed E-state index contributed by atoms with van der Waals surface area (Å²) in [4.78, 5) is 22.3. The van der Waals surface area contributed by atoms with E-state index in [1.54, 1.807) is 20.8 Å². The topological polar surface area (TPSA) is 78.6 Å². The SMILES string of the molecule is COC(=O)CCC[C@H](N)C(=O)OC(C)(C)C. The third kappa shape index (κ3) is 7.23. The van der Waals surface area contributed by atoms with Gasteiger partial charge in [0.1, 0.15) is 11.6 Å². The van der Waals surface area contributed by atoms with Crippen LogP contribution in [0.1, 0.15) is 40.0 Å². The van der Waals surface area contributed by atoms with Gasteiger partial charge in [0, 0.05) is 6.42 Å². The lowest BCUT2D eigenvalue weighted by Gasteiger charge is -2.22. The second-order valence-electron chi connectivity index (χ2n) is 4.61. The Bertz CT molecular complexity index is 245. The van der Waals surface area contributed by atoms with E-state index in [4.69, 9.17) is 10.5 Å². The Morgan fingerprint density at radius 2 is 1.88 bits per heavy atom. The van der Waals surface area contributed by atoms with Gasteiger partial charge in [-0.05, 0) is 33.6 Å². The fraction of sp³-hybridized carbons (Fsp3) is 0.818. The number of nitrogens with two attached hydrogens (primary N) is 1. The van der Waals surface area contributed by atoms with E-state index < -0.39 is 17.6 Å². The van der Waals surface area contributed by atoms with E-state index in [2.05, 4.69) is 4.74 Å². The van der Waals surface area contributed by atoms with Crippen LogP contribution >= 0.6 is 0 Å². The first kappa shape index (κ1) is 14.9. The van der Waals surface area contributed by atoms with Gasteiger partial charge in [-0.15, -0.1) is 0 Å². The number of esters is 2. The van der Waals surface area contributed by atoms with Crippen molar-refractivity contribution in [1.29, 1.82) is 0 Å². The fourth-order valence-electron chi connectivity index (χ4n) is 1.06. The summed E-state index contributed by atoms with van der Waals surface area (Å²) in [5, 5.41) is 0. The molecule has 5 nitrogen and oxygen atoms in total. The average Bonchev–Trinajstić information content (AvgIpc) is 2.14. The monoisotopic (exact) mass is 231 g/mol. The molecule has 0 saturated heterocycles. The minimum Gasteiger partial charge on any atom is -0.469 e. The molecule has 0 unspecified atom stereocenters. The number of rotatable bonds is 5. The van der Waals surface area contributed by atoms with Gasteiger partial charge in [0.15, 0.2) is 0 Å². The van der Waals surface area contributed by atoms with Crippen LogP contribution in [0, 0.1) is 0 Å². The average molecular weight is 231 g/mol. The van der Waals surface area contributed by atoms with Crippen molar-refractivity contribution < 1.29 is 19.1 Å². The van der Waals surface area contributed by atoms with Crippen LogP contribution in [-0.4, -0.2) is 30.7 Å². The zero-order valence-electron chi connectivity index (χ0n) is 10.4. The molecule has 0 bridgehead atoms. The van der Waals surface area contributed by atoms with Gasteiger partial charge in [0.2, 0.25) is 0 Å². The lowest BCUT2D eigenvalue weighted by atomic mass is 10.1. The highest BCUT2D eigenvalue weighted by Crippen LogP contribution is 2.10. The van der Waals surface area contributed by atoms with Crippen LogP contribution in [0.3, 0.4) is 0 Å². The maximum absolute atomic E-state index is 11.4. The largest absolute Gasteiger partial charge is 0.469 e. The molecule has 0 aromatic rings. The van der Waals surface area contributed by atoms with E-state index in [0.29, 0.717) is 12.8 Å². The number of ether oxygens (including phenoxy) is 2. The number of hydrogen-bond acceptors (Lipinski definition) is 5. The first-order valence-corrected chi connectivity index (χ1v) is 5.31. The molecule has 1 atom stereocenters. The van der Waals surface area contributed by atoms with Gasteiger partial charge in [0.05, 0.1) is 7.11 Å². The van der Waals surface area contributed by atoms with Crippen LogP contribution in [0.2, 0.25) is 0 Å². The van der Waals surface area contributed by atoms with E-state index in [1.165, 1.54) is 7.11 Å². The molecule has 5 heteroatoms. The van der Waals surface area contributed by atoms with Gasteiger partial charge >= 0.3 is 11.9 Å². The molecular formula is C11H21NO4. The van der Waals surface area contributed by atoms with Crippen molar-refractivity contribution >= 4 is 11.9 Å². The molecule has 94 valence electrons. The summed E-state index contributed by atoms with van der Waals surface area (Å²) in [6, 6.07) is -0.677. The molecule has 0 saturated carbocycles. The molecule has 0 aromatic carbocycles. The number of methoxy groups -OCH3 is 1. The van der Waals surface area contributed by atoms with Gasteiger partial charge in [-0.2, -0.15) is 0 Å². The second kappa shape index (κ2) is 6.48. The van der Waals surface area contributed by atoms with Crippen molar-refractivity contribution in [2.75, 3.05) is 7.11 Å². The normalized spacial score (nSPS) is 13.1. The standard InChI is InChI=1S/C11H21NO4/c1-11(2,3)16-10(14)8(12)6-5-7-9(13)15-4/h8H,5-7,12H2,1-4H3/t8-/m0/s1. The quantitative estimate of drug-likeness (QED) is 0.714. The Kier molecular flexibility index (Phi) is 6.03. The van der Waals surface area contributed by atoms with E-state index >= 15 is 0 Å². The van der Waals surface area contributed by atoms with Crippen molar-refractivity contribution in [2.45, 2.75) is 51.7 Å². The van der Waals surface area contributed by atoms with Crippen molar-refractivity contribution in [3.63, 3.8) is 0 Å². The maximum atomic E-state index is 11.4. The van der Waals surface area contributed by atoms with Crippen LogP contribution in [0.5, 0.6) is 0 Å². The summed E-state index contributed by atoms with van der Waals surface area (Å²) in [6.07, 6.45) is 1.21. The Morgan fingerprint density at radius 1 is 1.31 bits per heavy atom. The van der Waals surface area contributed by atoms with Crippen LogP contribution < -0.4 is 5.73 Å². The predicted octanol–water partition coefficient (Wildman–Crippen LogP) is 0.999. The van der Waals surface area contributed by atoms with Crippen LogP contribution in [0.15, 0.2) is 0 Å². The molecule has 0 spiro atoms. The summed E-state index contributed by atoms with van der Waals surface area (Å²) in [5.74, 6) is -0.728. The predicted molar refractivity (Wildman–Crippen MR) is 59.7 cm³/mol. The van der Waals surface area contributed by atoms with Crippen molar-refractivity contribution in [1.82, 2.24) is 0 Å². The minimum atomic E-state index is -0.677. The molecule has 0 aliphatic heterocycles. The van der Waals surface area contributed by atoms with E-state index in [1.807, 2.05) is 0 Å². The third-order valence-electron chi connectivity index (χ3n) is 1.83. The summed E-state index contributed by atoms with van der Waals surface area (Å²) in [6.45, 7) is 5.35. The van der Waals surface area contributed by atoms with E-state index in [0.717, 1.165) is 0 Å². The summed E-state index contributed by atoms with van der Waals surface area (Å²) >= 11 is 0. The van der Waals surface area contributed by atoms with Gasteiger partial charge in [-0.3, -0.25) is 9.59 Å². The minimum absolute atomic E-state index is 0.271. The molecule has 0 amide bonds. The molecule has 0 heterocycles. The van der Waals surface area contributed by atoms with Crippen molar-refractivity contribution in [2.24, 2.45) is 5.73 Å². The zero-order chi connectivity index (χ0) is 12.8. The Hall–Kier alpha value is -1.10. The van der Waals surface area contributed by atoms with Crippen LogP contribution in [0.4, 0.5) is 0 Å². The van der Waals surface area contributed by atoms with Crippen LogP contribution in [0.25, 0.3) is 0 Å². The highest BCUT2D eigenvalue weighted by Gasteiger charge is 2.21. The van der Waals surface area contributed by atoms with Crippen molar-refractivity contribution in [3.05, 3.63) is 0 Å². The molecule has 0 aromatic heterocycles. The Labute approximate surface area is 96.3 Å². The lowest BCUT2D eigenvalue weighted by Crippen LogP contribution is -2.37. The molecule has 0 aliphatic carbocycles. The molecular weight excluding hydrogens is 210 g/mol. The first-order chi connectivity index (χ1) is 7.26. The van der Waals surface area contributed by atoms with E-state index in [-0.39, 0.29) is 12.4 Å². The van der Waals surface area contributed by atoms with Gasteiger partial charge < -0.3 is 15.2 Å². The number of carbonyl (C=O) groups excluding carboxylic acids is 2. The fourth-order valence-corrected chi connectivity index (χ4v) is 1.06. The summed E-state index contributed by atoms with van der Waals surface area (Å²) in [5.41, 5.74) is 5.09. The van der Waals surface area contributed by atoms with Gasteiger partial charge in [0.25, 0.3) is 0 Å². The van der Waals surface area contributed by atoms with Crippen molar-refractivity contribution in [3.8, 4) is 0 Å². The number of carbonyl (C=O) groups is 2.